The van der Waals surface area contributed by atoms with Crippen molar-refractivity contribution < 1.29 is 9.53 Å². The number of carbonyl (C=O) groups excluding carboxylic acids is 1. The zero-order valence-corrected chi connectivity index (χ0v) is 18.0. The van der Waals surface area contributed by atoms with Crippen LogP contribution in [0.4, 0.5) is 0 Å². The van der Waals surface area contributed by atoms with Gasteiger partial charge in [-0.15, -0.1) is 0 Å². The van der Waals surface area contributed by atoms with Crippen LogP contribution < -0.4 is 4.74 Å². The van der Waals surface area contributed by atoms with Gasteiger partial charge in [-0.25, -0.2) is 0 Å². The maximum absolute atomic E-state index is 12.6. The van der Waals surface area contributed by atoms with Crippen LogP contribution in [-0.2, 0) is 0 Å². The number of benzene rings is 2. The van der Waals surface area contributed by atoms with E-state index in [4.69, 9.17) is 4.74 Å². The third kappa shape index (κ3) is 5.29. The molecule has 0 radical (unpaired) electrons. The minimum atomic E-state index is 0.101. The third-order valence-electron chi connectivity index (χ3n) is 5.95. The number of methoxy groups -OCH3 is 1. The molecule has 2 aromatic carbocycles. The summed E-state index contributed by atoms with van der Waals surface area (Å²) in [4.78, 5) is 14.5. The van der Waals surface area contributed by atoms with E-state index in [1.165, 1.54) is 43.2 Å². The van der Waals surface area contributed by atoms with Crippen molar-refractivity contribution in [2.45, 2.75) is 46.0 Å². The lowest BCUT2D eigenvalue weighted by Crippen LogP contribution is -2.30. The summed E-state index contributed by atoms with van der Waals surface area (Å²) >= 11 is 0. The van der Waals surface area contributed by atoms with Gasteiger partial charge in [-0.05, 0) is 73.6 Å². The highest BCUT2D eigenvalue weighted by Gasteiger charge is 2.16. The number of hydrogen-bond acceptors (Lipinski definition) is 2. The number of carbonyl (C=O) groups is 1. The average Bonchev–Trinajstić information content (AvgIpc) is 2.79. The number of hydrogen-bond donors (Lipinski definition) is 0. The molecule has 1 saturated carbocycles. The summed E-state index contributed by atoms with van der Waals surface area (Å²) in [6.07, 6.45) is 8.95. The van der Waals surface area contributed by atoms with Crippen LogP contribution in [0.1, 0.15) is 67.4 Å². The standard InChI is InChI=1S/C26H33NO2/c1-4-27(5-2)26(28)23-13-11-21(12-14-23)25(19-20-9-7-6-8-10-20)22-15-17-24(29-3)18-16-22/h11-20H,4-10H2,1-3H3/b25-19-. The summed E-state index contributed by atoms with van der Waals surface area (Å²) in [6.45, 7) is 5.50. The van der Waals surface area contributed by atoms with Crippen LogP contribution in [0.2, 0.25) is 0 Å². The lowest BCUT2D eigenvalue weighted by atomic mass is 9.85. The Morgan fingerprint density at radius 1 is 0.897 bits per heavy atom. The van der Waals surface area contributed by atoms with Crippen molar-refractivity contribution in [3.05, 3.63) is 71.3 Å². The lowest BCUT2D eigenvalue weighted by molar-refractivity contribution is 0.0773. The van der Waals surface area contributed by atoms with Crippen LogP contribution in [0.5, 0.6) is 5.75 Å². The number of nitrogens with zero attached hydrogens (tertiary/aromatic N) is 1. The van der Waals surface area contributed by atoms with Crippen molar-refractivity contribution in [3.63, 3.8) is 0 Å². The van der Waals surface area contributed by atoms with E-state index in [1.807, 2.05) is 43.0 Å². The minimum Gasteiger partial charge on any atom is -0.497 e. The molecule has 0 heterocycles. The Kier molecular flexibility index (Phi) is 7.51. The van der Waals surface area contributed by atoms with E-state index in [1.54, 1.807) is 7.11 Å². The molecule has 0 aliphatic heterocycles. The van der Waals surface area contributed by atoms with E-state index >= 15 is 0 Å². The second-order valence-corrected chi connectivity index (χ2v) is 7.76. The molecule has 1 fully saturated rings. The fourth-order valence-corrected chi connectivity index (χ4v) is 4.15. The Morgan fingerprint density at radius 3 is 1.93 bits per heavy atom. The molecule has 0 aromatic heterocycles. The molecule has 154 valence electrons. The maximum Gasteiger partial charge on any atom is 0.253 e. The molecule has 0 unspecified atom stereocenters. The summed E-state index contributed by atoms with van der Waals surface area (Å²) in [5, 5.41) is 0. The largest absolute Gasteiger partial charge is 0.497 e. The van der Waals surface area contributed by atoms with Crippen LogP contribution >= 0.6 is 0 Å². The number of rotatable bonds is 7. The third-order valence-corrected chi connectivity index (χ3v) is 5.95. The van der Waals surface area contributed by atoms with Crippen LogP contribution in [-0.4, -0.2) is 31.0 Å². The van der Waals surface area contributed by atoms with Crippen LogP contribution in [0.15, 0.2) is 54.6 Å². The number of amides is 1. The van der Waals surface area contributed by atoms with Crippen molar-refractivity contribution in [2.75, 3.05) is 20.2 Å². The van der Waals surface area contributed by atoms with E-state index in [-0.39, 0.29) is 5.91 Å². The summed E-state index contributed by atoms with van der Waals surface area (Å²) in [7, 11) is 1.69. The predicted molar refractivity (Wildman–Crippen MR) is 120 cm³/mol. The normalized spacial score (nSPS) is 15.2. The van der Waals surface area contributed by atoms with Gasteiger partial charge in [0.05, 0.1) is 7.11 Å². The summed E-state index contributed by atoms with van der Waals surface area (Å²) in [5.41, 5.74) is 4.36. The molecule has 3 nitrogen and oxygen atoms in total. The molecule has 2 aromatic rings. The molecular formula is C26H33NO2. The van der Waals surface area contributed by atoms with E-state index < -0.39 is 0 Å². The zero-order chi connectivity index (χ0) is 20.6. The molecule has 29 heavy (non-hydrogen) atoms. The molecule has 0 saturated heterocycles. The van der Waals surface area contributed by atoms with Crippen LogP contribution in [0.25, 0.3) is 5.57 Å². The van der Waals surface area contributed by atoms with E-state index in [9.17, 15) is 4.79 Å². The van der Waals surface area contributed by atoms with Gasteiger partial charge in [0.25, 0.3) is 5.91 Å². The maximum atomic E-state index is 12.6. The van der Waals surface area contributed by atoms with Crippen molar-refractivity contribution in [2.24, 2.45) is 5.92 Å². The molecule has 3 rings (SSSR count). The van der Waals surface area contributed by atoms with E-state index in [0.717, 1.165) is 30.0 Å². The van der Waals surface area contributed by atoms with E-state index in [2.05, 4.69) is 30.3 Å². The van der Waals surface area contributed by atoms with Gasteiger partial charge in [0.15, 0.2) is 0 Å². The fraction of sp³-hybridized carbons (Fsp3) is 0.423. The molecule has 1 amide bonds. The first-order valence-corrected chi connectivity index (χ1v) is 10.9. The molecule has 1 aliphatic carbocycles. The van der Waals surface area contributed by atoms with Gasteiger partial charge in [0, 0.05) is 18.7 Å². The molecule has 0 N–H and O–H groups in total. The van der Waals surface area contributed by atoms with Gasteiger partial charge in [0.2, 0.25) is 0 Å². The quantitative estimate of drug-likeness (QED) is 0.563. The number of ether oxygens (including phenoxy) is 1. The zero-order valence-electron chi connectivity index (χ0n) is 18.0. The molecule has 0 bridgehead atoms. The van der Waals surface area contributed by atoms with Gasteiger partial charge in [-0.1, -0.05) is 49.6 Å². The van der Waals surface area contributed by atoms with Gasteiger partial charge in [-0.2, -0.15) is 0 Å². The average molecular weight is 392 g/mol. The topological polar surface area (TPSA) is 29.5 Å². The van der Waals surface area contributed by atoms with Crippen LogP contribution in [0, 0.1) is 5.92 Å². The van der Waals surface area contributed by atoms with Crippen molar-refractivity contribution in [1.82, 2.24) is 4.90 Å². The highest BCUT2D eigenvalue weighted by atomic mass is 16.5. The van der Waals surface area contributed by atoms with Crippen LogP contribution in [0.3, 0.4) is 0 Å². The smallest absolute Gasteiger partial charge is 0.253 e. The summed E-state index contributed by atoms with van der Waals surface area (Å²) in [6, 6.07) is 16.4. The summed E-state index contributed by atoms with van der Waals surface area (Å²) in [5.74, 6) is 1.59. The molecular weight excluding hydrogens is 358 g/mol. The molecule has 1 aliphatic rings. The molecule has 0 atom stereocenters. The predicted octanol–water partition coefficient (Wildman–Crippen LogP) is 6.19. The van der Waals surface area contributed by atoms with Gasteiger partial charge < -0.3 is 9.64 Å². The first kappa shape index (κ1) is 21.2. The Balaban J connectivity index is 1.92. The Morgan fingerprint density at radius 2 is 1.41 bits per heavy atom. The Labute approximate surface area is 175 Å². The molecule has 3 heteroatoms. The summed E-state index contributed by atoms with van der Waals surface area (Å²) < 4.78 is 5.33. The van der Waals surface area contributed by atoms with Gasteiger partial charge in [0.1, 0.15) is 5.75 Å². The Bertz CT molecular complexity index is 811. The van der Waals surface area contributed by atoms with Gasteiger partial charge in [-0.3, -0.25) is 4.79 Å². The monoisotopic (exact) mass is 391 g/mol. The minimum absolute atomic E-state index is 0.101. The van der Waals surface area contributed by atoms with E-state index in [0.29, 0.717) is 5.92 Å². The van der Waals surface area contributed by atoms with Crippen molar-refractivity contribution in [3.8, 4) is 5.75 Å². The second kappa shape index (κ2) is 10.3. The molecule has 0 spiro atoms. The number of allylic oxidation sites excluding steroid dienone is 1. The van der Waals surface area contributed by atoms with Crippen molar-refractivity contribution in [1.29, 1.82) is 0 Å². The highest BCUT2D eigenvalue weighted by Crippen LogP contribution is 2.32. The first-order chi connectivity index (χ1) is 14.2. The SMILES string of the molecule is CCN(CC)C(=O)c1ccc(/C(=C/C2CCCCC2)c2ccc(OC)cc2)cc1. The van der Waals surface area contributed by atoms with Gasteiger partial charge >= 0.3 is 0 Å². The fourth-order valence-electron chi connectivity index (χ4n) is 4.15. The highest BCUT2D eigenvalue weighted by molar-refractivity contribution is 5.94. The second-order valence-electron chi connectivity index (χ2n) is 7.76. The Hall–Kier alpha value is -2.55. The first-order valence-electron chi connectivity index (χ1n) is 10.9. The van der Waals surface area contributed by atoms with Crippen molar-refractivity contribution >= 4 is 11.5 Å². The lowest BCUT2D eigenvalue weighted by Gasteiger charge is -2.21.